The Morgan fingerprint density at radius 3 is 2.71 bits per heavy atom. The van der Waals surface area contributed by atoms with Gasteiger partial charge in [-0.25, -0.2) is 9.37 Å². The summed E-state index contributed by atoms with van der Waals surface area (Å²) in [7, 11) is 0. The van der Waals surface area contributed by atoms with Crippen molar-refractivity contribution < 1.29 is 4.39 Å². The molecule has 0 aliphatic heterocycles. The average molecular weight is 188 g/mol. The molecule has 1 aromatic heterocycles. The van der Waals surface area contributed by atoms with Crippen molar-refractivity contribution in [3.05, 3.63) is 42.0 Å². The van der Waals surface area contributed by atoms with Gasteiger partial charge in [0.25, 0.3) is 0 Å². The van der Waals surface area contributed by atoms with Crippen molar-refractivity contribution >= 4 is 17.1 Å². The van der Waals surface area contributed by atoms with Gasteiger partial charge in [0.2, 0.25) is 0 Å². The molecule has 14 heavy (non-hydrogen) atoms. The van der Waals surface area contributed by atoms with Crippen LogP contribution in [0.15, 0.2) is 36.3 Å². The van der Waals surface area contributed by atoms with Crippen LogP contribution in [0.1, 0.15) is 12.6 Å². The normalized spacial score (nSPS) is 12.0. The highest BCUT2D eigenvalue weighted by Gasteiger charge is 1.96. The summed E-state index contributed by atoms with van der Waals surface area (Å²) >= 11 is 0. The lowest BCUT2D eigenvalue weighted by molar-refractivity contribution is 0.648. The zero-order valence-corrected chi connectivity index (χ0v) is 7.74. The molecule has 70 valence electrons. The smallest absolute Gasteiger partial charge is 0.0990 e. The molecule has 0 saturated carbocycles. The maximum absolute atomic E-state index is 12.6. The van der Waals surface area contributed by atoms with Gasteiger partial charge in [-0.3, -0.25) is 4.98 Å². The molecule has 0 N–H and O–H groups in total. The van der Waals surface area contributed by atoms with Crippen LogP contribution in [0.2, 0.25) is 0 Å². The molecule has 0 saturated heterocycles. The lowest BCUT2D eigenvalue weighted by Gasteiger charge is -1.97. The molecule has 1 aromatic carbocycles. The van der Waals surface area contributed by atoms with Gasteiger partial charge in [-0.1, -0.05) is 12.1 Å². The maximum atomic E-state index is 12.6. The molecular formula is C11H9FN2. The van der Waals surface area contributed by atoms with Crippen molar-refractivity contribution in [1.82, 2.24) is 9.97 Å². The van der Waals surface area contributed by atoms with Gasteiger partial charge >= 0.3 is 0 Å². The number of para-hydroxylation sites is 2. The van der Waals surface area contributed by atoms with E-state index in [0.717, 1.165) is 11.0 Å². The zero-order chi connectivity index (χ0) is 9.97. The Hall–Kier alpha value is -1.77. The summed E-state index contributed by atoms with van der Waals surface area (Å²) in [6, 6.07) is 7.51. The first kappa shape index (κ1) is 8.81. The van der Waals surface area contributed by atoms with E-state index in [1.165, 1.54) is 13.0 Å². The van der Waals surface area contributed by atoms with Crippen molar-refractivity contribution in [2.75, 3.05) is 0 Å². The molecule has 0 spiro atoms. The van der Waals surface area contributed by atoms with Crippen LogP contribution >= 0.6 is 0 Å². The monoisotopic (exact) mass is 188 g/mol. The fourth-order valence-electron chi connectivity index (χ4n) is 1.24. The number of nitrogens with zero attached hydrogens (tertiary/aromatic N) is 2. The van der Waals surface area contributed by atoms with Crippen molar-refractivity contribution in [1.29, 1.82) is 0 Å². The Kier molecular flexibility index (Phi) is 2.23. The van der Waals surface area contributed by atoms with Crippen molar-refractivity contribution in [3.8, 4) is 0 Å². The first-order valence-electron chi connectivity index (χ1n) is 4.31. The highest BCUT2D eigenvalue weighted by atomic mass is 19.1. The van der Waals surface area contributed by atoms with E-state index in [-0.39, 0.29) is 5.83 Å². The second-order valence-corrected chi connectivity index (χ2v) is 3.01. The summed E-state index contributed by atoms with van der Waals surface area (Å²) in [6.07, 6.45) is 2.92. The first-order chi connectivity index (χ1) is 6.75. The minimum Gasteiger partial charge on any atom is -0.252 e. The fourth-order valence-corrected chi connectivity index (χ4v) is 1.24. The molecule has 3 heteroatoms. The van der Waals surface area contributed by atoms with Gasteiger partial charge in [0, 0.05) is 0 Å². The molecule has 2 nitrogen and oxygen atoms in total. The molecule has 0 amide bonds. The van der Waals surface area contributed by atoms with Crippen LogP contribution < -0.4 is 0 Å². The second-order valence-electron chi connectivity index (χ2n) is 3.01. The highest BCUT2D eigenvalue weighted by molar-refractivity contribution is 5.74. The third-order valence-electron chi connectivity index (χ3n) is 1.81. The van der Waals surface area contributed by atoms with E-state index in [2.05, 4.69) is 9.97 Å². The quantitative estimate of drug-likeness (QED) is 0.687. The molecule has 0 radical (unpaired) electrons. The van der Waals surface area contributed by atoms with Crippen LogP contribution in [-0.2, 0) is 0 Å². The van der Waals surface area contributed by atoms with Gasteiger partial charge in [0.15, 0.2) is 0 Å². The van der Waals surface area contributed by atoms with E-state index < -0.39 is 0 Å². The van der Waals surface area contributed by atoms with Crippen molar-refractivity contribution in [3.63, 3.8) is 0 Å². The SMILES string of the molecule is C/C(F)=C\c1cnc2ccccc2n1. The Balaban J connectivity index is 2.57. The molecule has 0 aliphatic carbocycles. The van der Waals surface area contributed by atoms with E-state index in [1.54, 1.807) is 6.20 Å². The Morgan fingerprint density at radius 2 is 2.00 bits per heavy atom. The van der Waals surface area contributed by atoms with Crippen LogP contribution in [0.4, 0.5) is 4.39 Å². The van der Waals surface area contributed by atoms with Gasteiger partial charge in [-0.2, -0.15) is 0 Å². The molecular weight excluding hydrogens is 179 g/mol. The first-order valence-corrected chi connectivity index (χ1v) is 4.31. The predicted molar refractivity (Wildman–Crippen MR) is 54.3 cm³/mol. The third-order valence-corrected chi connectivity index (χ3v) is 1.81. The van der Waals surface area contributed by atoms with Gasteiger partial charge < -0.3 is 0 Å². The summed E-state index contributed by atoms with van der Waals surface area (Å²) in [5.41, 5.74) is 2.15. The molecule has 0 atom stereocenters. The number of allylic oxidation sites excluding steroid dienone is 1. The number of hydrogen-bond donors (Lipinski definition) is 0. The van der Waals surface area contributed by atoms with Crippen LogP contribution in [0.25, 0.3) is 17.1 Å². The Morgan fingerprint density at radius 1 is 1.29 bits per heavy atom. The zero-order valence-electron chi connectivity index (χ0n) is 7.74. The molecule has 1 heterocycles. The van der Waals surface area contributed by atoms with Gasteiger partial charge in [0.1, 0.15) is 0 Å². The minimum absolute atomic E-state index is 0.269. The molecule has 0 fully saturated rings. The minimum atomic E-state index is -0.269. The second kappa shape index (κ2) is 3.54. The van der Waals surface area contributed by atoms with Crippen molar-refractivity contribution in [2.24, 2.45) is 0 Å². The van der Waals surface area contributed by atoms with E-state index in [1.807, 2.05) is 24.3 Å². The summed E-state index contributed by atoms with van der Waals surface area (Å²) in [6.45, 7) is 1.39. The average Bonchev–Trinajstić information content (AvgIpc) is 2.17. The lowest BCUT2D eigenvalue weighted by Crippen LogP contribution is -1.86. The number of benzene rings is 1. The summed E-state index contributed by atoms with van der Waals surface area (Å²) in [4.78, 5) is 8.40. The number of aromatic nitrogens is 2. The van der Waals surface area contributed by atoms with Crippen molar-refractivity contribution in [2.45, 2.75) is 6.92 Å². The lowest BCUT2D eigenvalue weighted by atomic mass is 10.3. The maximum Gasteiger partial charge on any atom is 0.0990 e. The molecule has 2 rings (SSSR count). The molecule has 0 unspecified atom stereocenters. The van der Waals surface area contributed by atoms with Crippen LogP contribution in [0.5, 0.6) is 0 Å². The van der Waals surface area contributed by atoms with Gasteiger partial charge in [-0.05, 0) is 25.1 Å². The summed E-state index contributed by atoms with van der Waals surface area (Å²) in [5, 5.41) is 0. The Bertz CT molecular complexity index is 487. The van der Waals surface area contributed by atoms with E-state index >= 15 is 0 Å². The molecule has 0 aliphatic rings. The molecule has 0 bridgehead atoms. The van der Waals surface area contributed by atoms with E-state index in [9.17, 15) is 4.39 Å². The van der Waals surface area contributed by atoms with Crippen LogP contribution in [0.3, 0.4) is 0 Å². The third kappa shape index (κ3) is 1.76. The van der Waals surface area contributed by atoms with Crippen LogP contribution in [-0.4, -0.2) is 9.97 Å². The predicted octanol–water partition coefficient (Wildman–Crippen LogP) is 2.96. The van der Waals surface area contributed by atoms with E-state index in [4.69, 9.17) is 0 Å². The standard InChI is InChI=1S/C11H9FN2/c1-8(12)6-9-7-13-10-4-2-3-5-11(10)14-9/h2-7H,1H3/b8-6+. The summed E-state index contributed by atoms with van der Waals surface area (Å²) in [5.74, 6) is -0.269. The number of hydrogen-bond acceptors (Lipinski definition) is 2. The van der Waals surface area contributed by atoms with Gasteiger partial charge in [-0.15, -0.1) is 0 Å². The highest BCUT2D eigenvalue weighted by Crippen LogP contribution is 2.10. The topological polar surface area (TPSA) is 25.8 Å². The van der Waals surface area contributed by atoms with E-state index in [0.29, 0.717) is 5.69 Å². The van der Waals surface area contributed by atoms with Gasteiger partial charge in [0.05, 0.1) is 28.8 Å². The Labute approximate surface area is 81.1 Å². The largest absolute Gasteiger partial charge is 0.252 e. The fraction of sp³-hybridized carbons (Fsp3) is 0.0909. The number of halogens is 1. The number of fused-ring (bicyclic) bond motifs is 1. The number of rotatable bonds is 1. The summed E-state index contributed by atoms with van der Waals surface area (Å²) < 4.78 is 12.6. The van der Waals surface area contributed by atoms with Crippen LogP contribution in [0, 0.1) is 0 Å². The molecule has 2 aromatic rings.